The first-order chi connectivity index (χ1) is 18.3. The van der Waals surface area contributed by atoms with Gasteiger partial charge in [0.05, 0.1) is 19.2 Å². The summed E-state index contributed by atoms with van der Waals surface area (Å²) in [6, 6.07) is 20.9. The Kier molecular flexibility index (Phi) is 8.31. The van der Waals surface area contributed by atoms with E-state index in [9.17, 15) is 14.4 Å². The molecule has 3 aromatic carbocycles. The monoisotopic (exact) mass is 515 g/mol. The Labute approximate surface area is 222 Å². The normalized spacial score (nSPS) is 16.8. The van der Waals surface area contributed by atoms with Crippen molar-refractivity contribution < 1.29 is 23.9 Å². The SMILES string of the molecule is COc1ccccc1C(=O)Nc1ccc([C@H]2OC(=O)N(Cc3ccc(C)cc3)[C@H]2C(=O)NCC(C)C)cc1. The predicted octanol–water partition coefficient (Wildman–Crippen LogP) is 5.09. The molecule has 0 bridgehead atoms. The van der Waals surface area contributed by atoms with E-state index in [2.05, 4.69) is 10.6 Å². The van der Waals surface area contributed by atoms with Gasteiger partial charge in [-0.1, -0.05) is 67.9 Å². The van der Waals surface area contributed by atoms with Gasteiger partial charge < -0.3 is 20.1 Å². The van der Waals surface area contributed by atoms with E-state index in [1.165, 1.54) is 12.0 Å². The second-order valence-electron chi connectivity index (χ2n) is 9.78. The molecule has 0 aliphatic carbocycles. The van der Waals surface area contributed by atoms with Gasteiger partial charge in [-0.2, -0.15) is 0 Å². The largest absolute Gasteiger partial charge is 0.496 e. The lowest BCUT2D eigenvalue weighted by Crippen LogP contribution is -2.47. The third-order valence-electron chi connectivity index (χ3n) is 6.36. The van der Waals surface area contributed by atoms with Crippen molar-refractivity contribution >= 4 is 23.6 Å². The van der Waals surface area contributed by atoms with Crippen LogP contribution >= 0.6 is 0 Å². The van der Waals surface area contributed by atoms with Crippen LogP contribution in [0.3, 0.4) is 0 Å². The van der Waals surface area contributed by atoms with Crippen LogP contribution in [0.15, 0.2) is 72.8 Å². The van der Waals surface area contributed by atoms with Gasteiger partial charge in [0.25, 0.3) is 5.91 Å². The maximum Gasteiger partial charge on any atom is 0.411 e. The van der Waals surface area contributed by atoms with Crippen molar-refractivity contribution in [3.8, 4) is 5.75 Å². The number of nitrogens with zero attached hydrogens (tertiary/aromatic N) is 1. The Morgan fingerprint density at radius 1 is 1.00 bits per heavy atom. The number of nitrogens with one attached hydrogen (secondary N) is 2. The van der Waals surface area contributed by atoms with Crippen LogP contribution in [0.25, 0.3) is 0 Å². The number of para-hydroxylation sites is 1. The van der Waals surface area contributed by atoms with Crippen LogP contribution < -0.4 is 15.4 Å². The zero-order valence-corrected chi connectivity index (χ0v) is 22.1. The van der Waals surface area contributed by atoms with Crippen molar-refractivity contribution in [2.45, 2.75) is 39.5 Å². The Morgan fingerprint density at radius 3 is 2.34 bits per heavy atom. The Bertz CT molecular complexity index is 1290. The first-order valence-corrected chi connectivity index (χ1v) is 12.6. The second-order valence-corrected chi connectivity index (χ2v) is 9.78. The molecule has 3 amide bonds. The molecule has 1 saturated heterocycles. The van der Waals surface area contributed by atoms with Gasteiger partial charge >= 0.3 is 6.09 Å². The van der Waals surface area contributed by atoms with E-state index in [1.54, 1.807) is 48.5 Å². The minimum Gasteiger partial charge on any atom is -0.496 e. The molecule has 1 aliphatic rings. The number of rotatable bonds is 9. The van der Waals surface area contributed by atoms with Crippen molar-refractivity contribution in [2.24, 2.45) is 5.92 Å². The van der Waals surface area contributed by atoms with E-state index < -0.39 is 18.2 Å². The molecular weight excluding hydrogens is 482 g/mol. The number of carbonyl (C=O) groups excluding carboxylic acids is 3. The molecule has 0 aromatic heterocycles. The molecule has 0 saturated carbocycles. The van der Waals surface area contributed by atoms with Gasteiger partial charge in [-0.25, -0.2) is 4.79 Å². The van der Waals surface area contributed by atoms with Gasteiger partial charge in [-0.05, 0) is 48.2 Å². The van der Waals surface area contributed by atoms with Crippen molar-refractivity contribution in [1.82, 2.24) is 10.2 Å². The van der Waals surface area contributed by atoms with Crippen LogP contribution in [0.1, 0.15) is 47.0 Å². The summed E-state index contributed by atoms with van der Waals surface area (Å²) in [5, 5.41) is 5.81. The van der Waals surface area contributed by atoms with Crippen molar-refractivity contribution in [3.63, 3.8) is 0 Å². The maximum atomic E-state index is 13.3. The van der Waals surface area contributed by atoms with E-state index in [-0.39, 0.29) is 24.3 Å². The highest BCUT2D eigenvalue weighted by molar-refractivity contribution is 6.06. The molecule has 0 radical (unpaired) electrons. The zero-order valence-electron chi connectivity index (χ0n) is 22.1. The van der Waals surface area contributed by atoms with Crippen LogP contribution in [0.2, 0.25) is 0 Å². The molecule has 4 rings (SSSR count). The fraction of sp³-hybridized carbons (Fsp3) is 0.300. The highest BCUT2D eigenvalue weighted by atomic mass is 16.6. The number of ether oxygens (including phenoxy) is 2. The third-order valence-corrected chi connectivity index (χ3v) is 6.36. The fourth-order valence-corrected chi connectivity index (χ4v) is 4.30. The maximum absolute atomic E-state index is 13.3. The van der Waals surface area contributed by atoms with Crippen molar-refractivity contribution in [2.75, 3.05) is 19.0 Å². The van der Waals surface area contributed by atoms with E-state index in [1.807, 2.05) is 45.0 Å². The van der Waals surface area contributed by atoms with E-state index >= 15 is 0 Å². The van der Waals surface area contributed by atoms with E-state index in [0.29, 0.717) is 29.1 Å². The standard InChI is InChI=1S/C30H33N3O5/c1-19(2)17-31-29(35)26-27(38-30(36)33(26)18-21-11-9-20(3)10-12-21)22-13-15-23(16-14-22)32-28(34)24-7-5-6-8-25(24)37-4/h5-16,19,26-27H,17-18H2,1-4H3,(H,31,35)(H,32,34)/t26-,27-/m1/s1. The molecule has 8 heteroatoms. The van der Waals surface area contributed by atoms with E-state index in [0.717, 1.165) is 11.1 Å². The van der Waals surface area contributed by atoms with Crippen molar-refractivity contribution in [1.29, 1.82) is 0 Å². The molecular formula is C30H33N3O5. The highest BCUT2D eigenvalue weighted by Crippen LogP contribution is 2.34. The topological polar surface area (TPSA) is 97.0 Å². The summed E-state index contributed by atoms with van der Waals surface area (Å²) in [5.41, 5.74) is 3.65. The average molecular weight is 516 g/mol. The number of carbonyl (C=O) groups is 3. The van der Waals surface area contributed by atoms with Gasteiger partial charge in [0.2, 0.25) is 5.91 Å². The highest BCUT2D eigenvalue weighted by Gasteiger charge is 2.46. The Balaban J connectivity index is 1.55. The molecule has 1 aliphatic heterocycles. The minimum absolute atomic E-state index is 0.252. The average Bonchev–Trinajstić information content (AvgIpc) is 3.24. The molecule has 3 aromatic rings. The molecule has 0 unspecified atom stereocenters. The number of hydrogen-bond donors (Lipinski definition) is 2. The summed E-state index contributed by atoms with van der Waals surface area (Å²) in [5.74, 6) is 0.156. The van der Waals surface area contributed by atoms with Crippen molar-refractivity contribution in [3.05, 3.63) is 95.1 Å². The number of hydrogen-bond acceptors (Lipinski definition) is 5. The summed E-state index contributed by atoms with van der Waals surface area (Å²) in [7, 11) is 1.51. The third kappa shape index (κ3) is 6.14. The van der Waals surface area contributed by atoms with Gasteiger partial charge in [-0.3, -0.25) is 14.5 Å². The lowest BCUT2D eigenvalue weighted by Gasteiger charge is -2.24. The second kappa shape index (κ2) is 11.8. The van der Waals surface area contributed by atoms with Crippen LogP contribution in [-0.4, -0.2) is 42.5 Å². The van der Waals surface area contributed by atoms with Gasteiger partial charge in [-0.15, -0.1) is 0 Å². The van der Waals surface area contributed by atoms with Crippen LogP contribution in [0.4, 0.5) is 10.5 Å². The number of cyclic esters (lactones) is 1. The molecule has 1 fully saturated rings. The molecule has 198 valence electrons. The molecule has 1 heterocycles. The predicted molar refractivity (Wildman–Crippen MR) is 145 cm³/mol. The van der Waals surface area contributed by atoms with Gasteiger partial charge in [0, 0.05) is 12.2 Å². The fourth-order valence-electron chi connectivity index (χ4n) is 4.30. The van der Waals surface area contributed by atoms with Gasteiger partial charge in [0.15, 0.2) is 12.1 Å². The number of benzene rings is 3. The molecule has 2 N–H and O–H groups in total. The number of methoxy groups -OCH3 is 1. The summed E-state index contributed by atoms with van der Waals surface area (Å²) in [4.78, 5) is 40.5. The minimum atomic E-state index is -0.837. The number of amides is 3. The Hall–Kier alpha value is -4.33. The first-order valence-electron chi connectivity index (χ1n) is 12.6. The number of anilines is 1. The van der Waals surface area contributed by atoms with Crippen LogP contribution in [0.5, 0.6) is 5.75 Å². The quantitative estimate of drug-likeness (QED) is 0.414. The molecule has 0 spiro atoms. The number of aryl methyl sites for hydroxylation is 1. The van der Waals surface area contributed by atoms with Crippen LogP contribution in [-0.2, 0) is 16.1 Å². The summed E-state index contributed by atoms with van der Waals surface area (Å²) < 4.78 is 11.0. The summed E-state index contributed by atoms with van der Waals surface area (Å²) >= 11 is 0. The molecule has 38 heavy (non-hydrogen) atoms. The Morgan fingerprint density at radius 2 is 1.68 bits per heavy atom. The lowest BCUT2D eigenvalue weighted by molar-refractivity contribution is -0.126. The zero-order chi connectivity index (χ0) is 27.2. The van der Waals surface area contributed by atoms with E-state index in [4.69, 9.17) is 9.47 Å². The van der Waals surface area contributed by atoms with Crippen LogP contribution in [0, 0.1) is 12.8 Å². The summed E-state index contributed by atoms with van der Waals surface area (Å²) in [6.07, 6.45) is -1.34. The molecule has 2 atom stereocenters. The van der Waals surface area contributed by atoms with Gasteiger partial charge in [0.1, 0.15) is 5.75 Å². The molecule has 8 nitrogen and oxygen atoms in total. The smallest absolute Gasteiger partial charge is 0.411 e. The lowest BCUT2D eigenvalue weighted by atomic mass is 10.00. The first kappa shape index (κ1) is 26.7. The summed E-state index contributed by atoms with van der Waals surface area (Å²) in [6.45, 7) is 6.76.